The van der Waals surface area contributed by atoms with Crippen LogP contribution in [-0.4, -0.2) is 36.1 Å². The van der Waals surface area contributed by atoms with E-state index in [-0.39, 0.29) is 0 Å². The van der Waals surface area contributed by atoms with Crippen molar-refractivity contribution in [3.05, 3.63) is 45.9 Å². The number of hydrogen-bond acceptors (Lipinski definition) is 5. The molecule has 2 aromatic rings. The van der Waals surface area contributed by atoms with Crippen LogP contribution in [0.15, 0.2) is 29.8 Å². The molecule has 0 amide bonds. The Morgan fingerprint density at radius 1 is 1.29 bits per heavy atom. The third-order valence-electron chi connectivity index (χ3n) is 4.53. The van der Waals surface area contributed by atoms with Crippen molar-refractivity contribution in [3.8, 4) is 5.75 Å². The molecule has 1 N–H and O–H groups in total. The van der Waals surface area contributed by atoms with E-state index in [0.29, 0.717) is 6.61 Å². The molecule has 1 saturated heterocycles. The Hall–Kier alpha value is -1.43. The van der Waals surface area contributed by atoms with Gasteiger partial charge in [0.05, 0.1) is 17.8 Å². The SMILES string of the molecule is CCOc1ccc(CN(Cc2scnc2C)C[C@@H]2CCNC2)cc1. The summed E-state index contributed by atoms with van der Waals surface area (Å²) < 4.78 is 5.55. The van der Waals surface area contributed by atoms with Crippen molar-refractivity contribution in [3.63, 3.8) is 0 Å². The van der Waals surface area contributed by atoms with Gasteiger partial charge in [0.25, 0.3) is 0 Å². The molecule has 0 unspecified atom stereocenters. The molecule has 1 atom stereocenters. The van der Waals surface area contributed by atoms with Crippen molar-refractivity contribution in [1.82, 2.24) is 15.2 Å². The van der Waals surface area contributed by atoms with E-state index in [1.807, 2.05) is 12.4 Å². The predicted octanol–water partition coefficient (Wildman–Crippen LogP) is 3.46. The highest BCUT2D eigenvalue weighted by Gasteiger charge is 2.19. The number of ether oxygens (including phenoxy) is 1. The molecule has 0 bridgehead atoms. The molecule has 0 saturated carbocycles. The van der Waals surface area contributed by atoms with Crippen molar-refractivity contribution in [1.29, 1.82) is 0 Å². The molecule has 24 heavy (non-hydrogen) atoms. The van der Waals surface area contributed by atoms with Gasteiger partial charge in [-0.05, 0) is 57.0 Å². The summed E-state index contributed by atoms with van der Waals surface area (Å²) in [5.41, 5.74) is 4.46. The van der Waals surface area contributed by atoms with Crippen molar-refractivity contribution in [2.24, 2.45) is 5.92 Å². The molecular formula is C19H27N3OS. The molecule has 1 aromatic heterocycles. The summed E-state index contributed by atoms with van der Waals surface area (Å²) in [5, 5.41) is 3.48. The van der Waals surface area contributed by atoms with Gasteiger partial charge in [-0.1, -0.05) is 12.1 Å². The first-order valence-electron chi connectivity index (χ1n) is 8.78. The number of aryl methyl sites for hydroxylation is 1. The first-order chi connectivity index (χ1) is 11.7. The third-order valence-corrected chi connectivity index (χ3v) is 5.45. The molecule has 4 nitrogen and oxygen atoms in total. The summed E-state index contributed by atoms with van der Waals surface area (Å²) in [4.78, 5) is 8.35. The number of benzene rings is 1. The lowest BCUT2D eigenvalue weighted by Gasteiger charge is -2.25. The Balaban J connectivity index is 1.67. The standard InChI is InChI=1S/C19H27N3OS/c1-3-23-18-6-4-16(5-7-18)11-22(12-17-8-9-20-10-17)13-19-15(2)21-14-24-19/h4-7,14,17,20H,3,8-13H2,1-2H3/t17-/m1/s1. The molecule has 1 aromatic carbocycles. The second kappa shape index (κ2) is 8.60. The molecule has 2 heterocycles. The van der Waals surface area contributed by atoms with Gasteiger partial charge in [0, 0.05) is 24.5 Å². The van der Waals surface area contributed by atoms with E-state index in [1.165, 1.54) is 22.6 Å². The third kappa shape index (κ3) is 4.79. The van der Waals surface area contributed by atoms with E-state index in [0.717, 1.165) is 44.4 Å². The molecule has 0 aliphatic carbocycles. The molecule has 0 radical (unpaired) electrons. The van der Waals surface area contributed by atoms with Gasteiger partial charge in [-0.15, -0.1) is 11.3 Å². The maximum atomic E-state index is 5.55. The van der Waals surface area contributed by atoms with E-state index < -0.39 is 0 Å². The molecule has 1 fully saturated rings. The summed E-state index contributed by atoms with van der Waals surface area (Å²) >= 11 is 1.77. The number of hydrogen-bond donors (Lipinski definition) is 1. The van der Waals surface area contributed by atoms with E-state index in [2.05, 4.69) is 46.4 Å². The molecule has 130 valence electrons. The second-order valence-corrected chi connectivity index (χ2v) is 7.41. The van der Waals surface area contributed by atoms with E-state index >= 15 is 0 Å². The Morgan fingerprint density at radius 3 is 2.75 bits per heavy atom. The highest BCUT2D eigenvalue weighted by molar-refractivity contribution is 7.09. The van der Waals surface area contributed by atoms with Crippen LogP contribution in [0.2, 0.25) is 0 Å². The van der Waals surface area contributed by atoms with Crippen LogP contribution in [0.1, 0.15) is 29.5 Å². The lowest BCUT2D eigenvalue weighted by atomic mass is 10.1. The Labute approximate surface area is 148 Å². The van der Waals surface area contributed by atoms with Gasteiger partial charge in [-0.3, -0.25) is 4.90 Å². The lowest BCUT2D eigenvalue weighted by molar-refractivity contribution is 0.222. The van der Waals surface area contributed by atoms with Gasteiger partial charge >= 0.3 is 0 Å². The first-order valence-corrected chi connectivity index (χ1v) is 9.66. The zero-order valence-corrected chi connectivity index (χ0v) is 15.4. The highest BCUT2D eigenvalue weighted by Crippen LogP contribution is 2.21. The van der Waals surface area contributed by atoms with Crippen LogP contribution in [0.25, 0.3) is 0 Å². The Kier molecular flexibility index (Phi) is 6.24. The molecule has 1 aliphatic heterocycles. The summed E-state index contributed by atoms with van der Waals surface area (Å²) in [6.45, 7) is 10.2. The minimum absolute atomic E-state index is 0.713. The Bertz CT molecular complexity index is 620. The smallest absolute Gasteiger partial charge is 0.119 e. The van der Waals surface area contributed by atoms with Crippen LogP contribution in [0, 0.1) is 12.8 Å². The van der Waals surface area contributed by atoms with Gasteiger partial charge < -0.3 is 10.1 Å². The summed E-state index contributed by atoms with van der Waals surface area (Å²) in [6, 6.07) is 8.52. The first kappa shape index (κ1) is 17.4. The maximum absolute atomic E-state index is 5.55. The van der Waals surface area contributed by atoms with Crippen LogP contribution in [0.3, 0.4) is 0 Å². The van der Waals surface area contributed by atoms with Crippen LogP contribution in [0.5, 0.6) is 5.75 Å². The minimum Gasteiger partial charge on any atom is -0.494 e. The van der Waals surface area contributed by atoms with Gasteiger partial charge in [-0.2, -0.15) is 0 Å². The molecule has 5 heteroatoms. The van der Waals surface area contributed by atoms with Crippen molar-refractivity contribution in [2.75, 3.05) is 26.2 Å². The lowest BCUT2D eigenvalue weighted by Crippen LogP contribution is -2.30. The largest absolute Gasteiger partial charge is 0.494 e. The van der Waals surface area contributed by atoms with Gasteiger partial charge in [0.15, 0.2) is 0 Å². The number of nitrogens with zero attached hydrogens (tertiary/aromatic N) is 2. The normalized spacial score (nSPS) is 17.5. The van der Waals surface area contributed by atoms with Crippen molar-refractivity contribution in [2.45, 2.75) is 33.4 Å². The number of aromatic nitrogens is 1. The quantitative estimate of drug-likeness (QED) is 0.795. The average Bonchev–Trinajstić information content (AvgIpc) is 3.22. The number of rotatable bonds is 8. The Morgan fingerprint density at radius 2 is 2.12 bits per heavy atom. The number of thiazole rings is 1. The van der Waals surface area contributed by atoms with Gasteiger partial charge in [-0.25, -0.2) is 4.98 Å². The van der Waals surface area contributed by atoms with Crippen molar-refractivity contribution >= 4 is 11.3 Å². The predicted molar refractivity (Wildman–Crippen MR) is 99.6 cm³/mol. The minimum atomic E-state index is 0.713. The zero-order chi connectivity index (χ0) is 16.8. The molecule has 1 aliphatic rings. The number of nitrogens with one attached hydrogen (secondary N) is 1. The van der Waals surface area contributed by atoms with E-state index in [9.17, 15) is 0 Å². The van der Waals surface area contributed by atoms with Crippen LogP contribution in [0.4, 0.5) is 0 Å². The van der Waals surface area contributed by atoms with E-state index in [4.69, 9.17) is 4.74 Å². The highest BCUT2D eigenvalue weighted by atomic mass is 32.1. The molecule has 0 spiro atoms. The summed E-state index contributed by atoms with van der Waals surface area (Å²) in [5.74, 6) is 1.70. The van der Waals surface area contributed by atoms with Gasteiger partial charge in [0.1, 0.15) is 5.75 Å². The molecular weight excluding hydrogens is 318 g/mol. The maximum Gasteiger partial charge on any atom is 0.119 e. The van der Waals surface area contributed by atoms with Crippen LogP contribution >= 0.6 is 11.3 Å². The summed E-state index contributed by atoms with van der Waals surface area (Å²) in [6.07, 6.45) is 1.28. The summed E-state index contributed by atoms with van der Waals surface area (Å²) in [7, 11) is 0. The fourth-order valence-electron chi connectivity index (χ4n) is 3.22. The zero-order valence-electron chi connectivity index (χ0n) is 14.6. The van der Waals surface area contributed by atoms with E-state index in [1.54, 1.807) is 11.3 Å². The average molecular weight is 346 g/mol. The molecule has 3 rings (SSSR count). The van der Waals surface area contributed by atoms with Crippen molar-refractivity contribution < 1.29 is 4.74 Å². The van der Waals surface area contributed by atoms with Crippen LogP contribution < -0.4 is 10.1 Å². The fraction of sp³-hybridized carbons (Fsp3) is 0.526. The van der Waals surface area contributed by atoms with Gasteiger partial charge in [0.2, 0.25) is 0 Å². The monoisotopic (exact) mass is 345 g/mol. The fourth-order valence-corrected chi connectivity index (χ4v) is 4.04. The van der Waals surface area contributed by atoms with Crippen LogP contribution in [-0.2, 0) is 13.1 Å². The second-order valence-electron chi connectivity index (χ2n) is 6.47. The topological polar surface area (TPSA) is 37.4 Å².